The zero-order chi connectivity index (χ0) is 35.2. The fourth-order valence-electron chi connectivity index (χ4n) is 5.47. The van der Waals surface area contributed by atoms with E-state index in [9.17, 15) is 23.6 Å². The van der Waals surface area contributed by atoms with E-state index in [1.54, 1.807) is 18.2 Å². The second kappa shape index (κ2) is 16.2. The van der Waals surface area contributed by atoms with Crippen molar-refractivity contribution in [3.05, 3.63) is 123 Å². The summed E-state index contributed by atoms with van der Waals surface area (Å²) in [6.45, 7) is -1.95. The van der Waals surface area contributed by atoms with Crippen molar-refractivity contribution in [1.82, 2.24) is 4.90 Å². The van der Waals surface area contributed by atoms with Crippen LogP contribution in [0.3, 0.4) is 0 Å². The third-order valence-corrected chi connectivity index (χ3v) is 10.1. The Morgan fingerprint density at radius 2 is 1.76 bits per heavy atom. The number of esters is 1. The van der Waals surface area contributed by atoms with Crippen molar-refractivity contribution in [2.45, 2.75) is 43.9 Å². The second-order valence-electron chi connectivity index (χ2n) is 11.9. The van der Waals surface area contributed by atoms with E-state index in [2.05, 4.69) is 5.32 Å². The van der Waals surface area contributed by atoms with Crippen molar-refractivity contribution in [3.63, 3.8) is 0 Å². The number of thioether (sulfide) groups is 1. The molecule has 1 N–H and O–H groups in total. The predicted molar refractivity (Wildman–Crippen MR) is 187 cm³/mol. The van der Waals surface area contributed by atoms with E-state index in [-0.39, 0.29) is 33.9 Å². The van der Waals surface area contributed by atoms with Gasteiger partial charge in [0, 0.05) is 42.1 Å². The van der Waals surface area contributed by atoms with Gasteiger partial charge in [0.1, 0.15) is 16.1 Å². The third kappa shape index (κ3) is 9.09. The summed E-state index contributed by atoms with van der Waals surface area (Å²) in [5.41, 5.74) is 2.98. The van der Waals surface area contributed by atoms with E-state index in [4.69, 9.17) is 37.4 Å². The van der Waals surface area contributed by atoms with Crippen molar-refractivity contribution < 1.29 is 37.3 Å². The molecule has 262 valence electrons. The predicted octanol–water partition coefficient (Wildman–Crippen LogP) is 7.67. The van der Waals surface area contributed by atoms with Crippen LogP contribution < -0.4 is 19.5 Å². The third-order valence-electron chi connectivity index (χ3n) is 8.23. The quantitative estimate of drug-likeness (QED) is 0.0798. The van der Waals surface area contributed by atoms with Crippen LogP contribution in [0.25, 0.3) is 0 Å². The Balaban J connectivity index is 1.24. The second-order valence-corrected chi connectivity index (χ2v) is 13.9. The van der Waals surface area contributed by atoms with E-state index < -0.39 is 24.1 Å². The van der Waals surface area contributed by atoms with Gasteiger partial charge in [0.25, 0.3) is 5.91 Å². The molecule has 2 aliphatic rings. The lowest BCUT2D eigenvalue weighted by Crippen LogP contribution is -2.40. The van der Waals surface area contributed by atoms with Crippen LogP contribution >= 0.6 is 35.0 Å². The fourth-order valence-corrected chi connectivity index (χ4v) is 7.17. The highest BCUT2D eigenvalue weighted by molar-refractivity contribution is 8.00. The Morgan fingerprint density at radius 1 is 1.00 bits per heavy atom. The molecule has 1 aliphatic heterocycles. The van der Waals surface area contributed by atoms with Gasteiger partial charge < -0.3 is 29.6 Å². The minimum Gasteiger partial charge on any atom is -0.619 e. The van der Waals surface area contributed by atoms with Crippen molar-refractivity contribution in [3.8, 4) is 11.5 Å². The molecule has 2 fully saturated rings. The Morgan fingerprint density at radius 3 is 2.48 bits per heavy atom. The molecular formula is C36H33Cl2F2N3O6S. The molecule has 4 aromatic rings. The zero-order valence-corrected chi connectivity index (χ0v) is 28.9. The number of nitrogens with zero attached hydrogens (tertiary/aromatic N) is 2. The number of carbonyl (C=O) groups is 2. The van der Waals surface area contributed by atoms with Crippen LogP contribution in [0.15, 0.2) is 85.2 Å². The lowest BCUT2D eigenvalue weighted by atomic mass is 10.0. The first-order chi connectivity index (χ1) is 24.1. The maximum atomic E-state index is 13.9. The minimum atomic E-state index is -3.08. The summed E-state index contributed by atoms with van der Waals surface area (Å²) in [6.07, 6.45) is 3.07. The molecule has 2 atom stereocenters. The molecule has 50 heavy (non-hydrogen) atoms. The Kier molecular flexibility index (Phi) is 11.5. The van der Waals surface area contributed by atoms with Crippen LogP contribution in [0.5, 0.6) is 11.5 Å². The highest BCUT2D eigenvalue weighted by Crippen LogP contribution is 2.39. The number of alkyl halides is 2. The van der Waals surface area contributed by atoms with Crippen LogP contribution in [0.1, 0.15) is 46.0 Å². The molecule has 0 radical (unpaired) electrons. The van der Waals surface area contributed by atoms with E-state index in [0.717, 1.165) is 36.5 Å². The number of ether oxygens (including phenoxy) is 3. The van der Waals surface area contributed by atoms with Crippen molar-refractivity contribution in [2.24, 2.45) is 5.92 Å². The summed E-state index contributed by atoms with van der Waals surface area (Å²) in [6, 6.07) is 21.2. The molecule has 1 amide bonds. The Bertz CT molecular complexity index is 1810. The van der Waals surface area contributed by atoms with Gasteiger partial charge >= 0.3 is 12.6 Å². The molecule has 1 aromatic heterocycles. The Hall–Kier alpha value is -4.26. The van der Waals surface area contributed by atoms with Crippen LogP contribution in [-0.4, -0.2) is 47.7 Å². The van der Waals surface area contributed by atoms with Gasteiger partial charge in [-0.15, -0.1) is 11.8 Å². The number of pyridine rings is 1. The van der Waals surface area contributed by atoms with E-state index in [1.807, 2.05) is 36.4 Å². The average molecular weight is 745 g/mol. The molecule has 9 nitrogen and oxygen atoms in total. The summed E-state index contributed by atoms with van der Waals surface area (Å²) in [4.78, 5) is 29.2. The molecule has 0 bridgehead atoms. The van der Waals surface area contributed by atoms with Crippen LogP contribution in [0, 0.1) is 11.1 Å². The number of hydrogen-bond acceptors (Lipinski definition) is 8. The van der Waals surface area contributed by atoms with E-state index in [1.165, 1.54) is 34.9 Å². The van der Waals surface area contributed by atoms with E-state index in [0.29, 0.717) is 52.8 Å². The molecule has 0 spiro atoms. The van der Waals surface area contributed by atoms with Gasteiger partial charge in [-0.3, -0.25) is 4.79 Å². The highest BCUT2D eigenvalue weighted by atomic mass is 35.5. The first-order valence-electron chi connectivity index (χ1n) is 15.9. The number of amides is 1. The summed E-state index contributed by atoms with van der Waals surface area (Å²) < 4.78 is 43.6. The topological polar surface area (TPSA) is 104 Å². The molecule has 1 saturated heterocycles. The molecule has 14 heteroatoms. The highest BCUT2D eigenvalue weighted by Gasteiger charge is 2.38. The first-order valence-corrected chi connectivity index (χ1v) is 17.7. The normalized spacial score (nSPS) is 16.3. The molecule has 1 saturated carbocycles. The minimum absolute atomic E-state index is 0.0464. The van der Waals surface area contributed by atoms with Crippen molar-refractivity contribution in [2.75, 3.05) is 24.2 Å². The van der Waals surface area contributed by atoms with Gasteiger partial charge in [0.05, 0.1) is 6.61 Å². The fraction of sp³-hybridized carbons (Fsp3) is 0.306. The molecule has 3 aromatic carbocycles. The van der Waals surface area contributed by atoms with E-state index >= 15 is 0 Å². The van der Waals surface area contributed by atoms with Gasteiger partial charge in [-0.1, -0.05) is 59.6 Å². The number of nitrogens with one attached hydrogen (secondary N) is 1. The molecule has 1 aliphatic carbocycles. The molecular weight excluding hydrogens is 711 g/mol. The number of aromatic nitrogens is 1. The molecule has 2 heterocycles. The summed E-state index contributed by atoms with van der Waals surface area (Å²) >= 11 is 14.1. The van der Waals surface area contributed by atoms with Gasteiger partial charge in [-0.2, -0.15) is 13.5 Å². The number of halogens is 4. The van der Waals surface area contributed by atoms with Gasteiger partial charge in [-0.25, -0.2) is 4.79 Å². The monoisotopic (exact) mass is 743 g/mol. The van der Waals surface area contributed by atoms with Crippen LogP contribution in [-0.2, 0) is 22.5 Å². The van der Waals surface area contributed by atoms with Gasteiger partial charge in [0.2, 0.25) is 0 Å². The zero-order valence-electron chi connectivity index (χ0n) is 26.6. The number of carbonyl (C=O) groups excluding carboxylic acids is 2. The number of hydrogen-bond donors (Lipinski definition) is 1. The van der Waals surface area contributed by atoms with Crippen molar-refractivity contribution in [1.29, 1.82) is 0 Å². The van der Waals surface area contributed by atoms with Gasteiger partial charge in [0.15, 0.2) is 29.3 Å². The number of benzene rings is 3. The number of para-hydroxylation sites is 1. The molecule has 6 rings (SSSR count). The summed E-state index contributed by atoms with van der Waals surface area (Å²) in [5.74, 6) is -0.300. The SMILES string of the molecule is O=C(OC(Cc1c(Cl)c[n+]([O-])cc1Cl)c1ccc(OC(F)F)c(OCC2CC2)c1)C1SCCN1C(=O)c1cccc(CNc2ccccc2)c1. The summed E-state index contributed by atoms with van der Waals surface area (Å²) in [7, 11) is 0. The van der Waals surface area contributed by atoms with Gasteiger partial charge in [-0.05, 0) is 66.3 Å². The molecule has 2 unspecified atom stereocenters. The lowest BCUT2D eigenvalue weighted by molar-refractivity contribution is -0.605. The average Bonchev–Trinajstić information content (AvgIpc) is 3.80. The summed E-state index contributed by atoms with van der Waals surface area (Å²) in [5, 5.41) is 14.4. The number of anilines is 1. The van der Waals surface area contributed by atoms with Crippen LogP contribution in [0.2, 0.25) is 10.0 Å². The maximum absolute atomic E-state index is 13.9. The largest absolute Gasteiger partial charge is 0.619 e. The smallest absolute Gasteiger partial charge is 0.387 e. The van der Waals surface area contributed by atoms with Crippen molar-refractivity contribution >= 4 is 52.5 Å². The number of rotatable bonds is 14. The van der Waals surface area contributed by atoms with Crippen LogP contribution in [0.4, 0.5) is 14.5 Å². The lowest BCUT2D eigenvalue weighted by Gasteiger charge is -2.26. The Labute approximate surface area is 302 Å². The standard InChI is InChI=1S/C36H33Cl2F2N3O6S/c37-28-19-42(46)20-29(38)27(28)17-31(24-11-12-30(49-36(39)40)32(16-24)47-21-22-9-10-22)48-35(45)34-43(13-14-50-34)33(44)25-6-4-5-23(15-25)18-41-26-7-2-1-3-8-26/h1-8,11-12,15-16,19-20,22,31,34,36,41H,9-10,13-14,17-18,21H2. The maximum Gasteiger partial charge on any atom is 0.387 e. The first kappa shape index (κ1) is 35.6.